The van der Waals surface area contributed by atoms with E-state index in [4.69, 9.17) is 4.52 Å². The molecule has 1 aliphatic rings. The van der Waals surface area contributed by atoms with Crippen molar-refractivity contribution < 1.29 is 4.52 Å². The normalized spacial score (nSPS) is 20.6. The predicted octanol–water partition coefficient (Wildman–Crippen LogP) is 0.524. The quantitative estimate of drug-likeness (QED) is 0.834. The minimum Gasteiger partial charge on any atom is -0.337 e. The molecule has 0 saturated carbocycles. The first kappa shape index (κ1) is 10.4. The molecule has 2 aromatic rings. The summed E-state index contributed by atoms with van der Waals surface area (Å²) in [4.78, 5) is 8.24. The van der Waals surface area contributed by atoms with E-state index in [0.29, 0.717) is 12.4 Å². The molecule has 1 aliphatic heterocycles. The molecule has 3 rings (SSSR count). The number of rotatable bonds is 3. The summed E-state index contributed by atoms with van der Waals surface area (Å²) in [5.41, 5.74) is 0. The van der Waals surface area contributed by atoms with Crippen molar-refractivity contribution in [3.8, 4) is 0 Å². The monoisotopic (exact) mass is 234 g/mol. The van der Waals surface area contributed by atoms with Crippen molar-refractivity contribution in [1.29, 1.82) is 0 Å². The van der Waals surface area contributed by atoms with Crippen molar-refractivity contribution >= 4 is 0 Å². The van der Waals surface area contributed by atoms with Crippen molar-refractivity contribution in [2.45, 2.75) is 31.8 Å². The average molecular weight is 234 g/mol. The SMILES string of the molecule is c1ncn(Cc2nc(C3CCCCN3)no2)n1. The molecule has 0 radical (unpaired) electrons. The van der Waals surface area contributed by atoms with Gasteiger partial charge in [0.2, 0.25) is 5.89 Å². The average Bonchev–Trinajstić information content (AvgIpc) is 3.02. The Morgan fingerprint density at radius 2 is 2.47 bits per heavy atom. The molecule has 0 aliphatic carbocycles. The number of piperidine rings is 1. The van der Waals surface area contributed by atoms with E-state index in [-0.39, 0.29) is 6.04 Å². The maximum Gasteiger partial charge on any atom is 0.248 e. The van der Waals surface area contributed by atoms with Crippen LogP contribution in [-0.4, -0.2) is 31.4 Å². The van der Waals surface area contributed by atoms with Crippen molar-refractivity contribution in [2.24, 2.45) is 0 Å². The van der Waals surface area contributed by atoms with E-state index in [9.17, 15) is 0 Å². The second-order valence-corrected chi connectivity index (χ2v) is 4.14. The Balaban J connectivity index is 1.69. The Labute approximate surface area is 98.2 Å². The standard InChI is InChI=1S/C10H14N6O/c1-2-4-12-8(3-1)10-14-9(17-15-10)5-16-7-11-6-13-16/h6-8,12H,1-5H2. The summed E-state index contributed by atoms with van der Waals surface area (Å²) in [6, 6.07) is 0.233. The summed E-state index contributed by atoms with van der Waals surface area (Å²) < 4.78 is 6.86. The molecule has 1 unspecified atom stereocenters. The second-order valence-electron chi connectivity index (χ2n) is 4.14. The number of nitrogens with zero attached hydrogens (tertiary/aromatic N) is 5. The smallest absolute Gasteiger partial charge is 0.248 e. The second kappa shape index (κ2) is 4.62. The van der Waals surface area contributed by atoms with Crippen molar-refractivity contribution in [3.63, 3.8) is 0 Å². The van der Waals surface area contributed by atoms with Gasteiger partial charge in [0.15, 0.2) is 5.82 Å². The molecule has 3 heterocycles. The van der Waals surface area contributed by atoms with Gasteiger partial charge in [-0.25, -0.2) is 9.67 Å². The largest absolute Gasteiger partial charge is 0.337 e. The molecule has 0 amide bonds. The summed E-state index contributed by atoms with van der Waals surface area (Å²) in [5.74, 6) is 1.32. The van der Waals surface area contributed by atoms with Crippen LogP contribution in [-0.2, 0) is 6.54 Å². The lowest BCUT2D eigenvalue weighted by Gasteiger charge is -2.19. The highest BCUT2D eigenvalue weighted by Crippen LogP contribution is 2.20. The summed E-state index contributed by atoms with van der Waals surface area (Å²) in [5, 5.41) is 11.4. The lowest BCUT2D eigenvalue weighted by atomic mass is 10.0. The van der Waals surface area contributed by atoms with E-state index >= 15 is 0 Å². The summed E-state index contributed by atoms with van der Waals surface area (Å²) >= 11 is 0. The van der Waals surface area contributed by atoms with Crippen LogP contribution in [0.2, 0.25) is 0 Å². The third kappa shape index (κ3) is 2.33. The first-order valence-electron chi connectivity index (χ1n) is 5.80. The van der Waals surface area contributed by atoms with Crippen LogP contribution in [0.1, 0.15) is 37.0 Å². The van der Waals surface area contributed by atoms with E-state index in [1.165, 1.54) is 19.2 Å². The van der Waals surface area contributed by atoms with Gasteiger partial charge in [-0.05, 0) is 19.4 Å². The van der Waals surface area contributed by atoms with Crippen molar-refractivity contribution in [1.82, 2.24) is 30.2 Å². The molecule has 0 aromatic carbocycles. The van der Waals surface area contributed by atoms with Gasteiger partial charge in [-0.3, -0.25) is 0 Å². The fourth-order valence-electron chi connectivity index (χ4n) is 2.00. The van der Waals surface area contributed by atoms with Gasteiger partial charge in [0.05, 0.1) is 6.04 Å². The maximum atomic E-state index is 5.20. The number of hydrogen-bond acceptors (Lipinski definition) is 6. The van der Waals surface area contributed by atoms with Crippen LogP contribution in [0.15, 0.2) is 17.2 Å². The minimum atomic E-state index is 0.233. The molecule has 17 heavy (non-hydrogen) atoms. The number of nitrogens with one attached hydrogen (secondary N) is 1. The summed E-state index contributed by atoms with van der Waals surface area (Å²) in [7, 11) is 0. The molecule has 7 heteroatoms. The van der Waals surface area contributed by atoms with E-state index in [1.54, 1.807) is 11.0 Å². The molecule has 1 fully saturated rings. The number of aromatic nitrogens is 5. The zero-order valence-electron chi connectivity index (χ0n) is 9.41. The Morgan fingerprint density at radius 3 is 3.24 bits per heavy atom. The van der Waals surface area contributed by atoms with Gasteiger partial charge in [-0.2, -0.15) is 10.1 Å². The van der Waals surface area contributed by atoms with Gasteiger partial charge in [-0.1, -0.05) is 11.6 Å². The molecular weight excluding hydrogens is 220 g/mol. The van der Waals surface area contributed by atoms with E-state index in [0.717, 1.165) is 18.8 Å². The zero-order chi connectivity index (χ0) is 11.5. The van der Waals surface area contributed by atoms with E-state index in [2.05, 4.69) is 25.5 Å². The maximum absolute atomic E-state index is 5.20. The first-order valence-corrected chi connectivity index (χ1v) is 5.80. The molecule has 1 saturated heterocycles. The summed E-state index contributed by atoms with van der Waals surface area (Å²) in [6.45, 7) is 1.50. The Hall–Kier alpha value is -1.76. The molecule has 1 N–H and O–H groups in total. The molecule has 1 atom stereocenters. The third-order valence-corrected chi connectivity index (χ3v) is 2.87. The zero-order valence-corrected chi connectivity index (χ0v) is 9.41. The Kier molecular flexibility index (Phi) is 2.83. The van der Waals surface area contributed by atoms with Gasteiger partial charge in [-0.15, -0.1) is 0 Å². The van der Waals surface area contributed by atoms with Gasteiger partial charge in [0.25, 0.3) is 0 Å². The molecule has 90 valence electrons. The third-order valence-electron chi connectivity index (χ3n) is 2.87. The van der Waals surface area contributed by atoms with E-state index in [1.807, 2.05) is 0 Å². The van der Waals surface area contributed by atoms with Crippen LogP contribution in [0.3, 0.4) is 0 Å². The Bertz CT molecular complexity index is 459. The molecule has 0 spiro atoms. The molecular formula is C10H14N6O. The first-order chi connectivity index (χ1) is 8.42. The lowest BCUT2D eigenvalue weighted by Crippen LogP contribution is -2.27. The van der Waals surface area contributed by atoms with Crippen LogP contribution in [0.4, 0.5) is 0 Å². The summed E-state index contributed by atoms with van der Waals surface area (Å²) in [6.07, 6.45) is 6.62. The Morgan fingerprint density at radius 1 is 1.47 bits per heavy atom. The minimum absolute atomic E-state index is 0.233. The van der Waals surface area contributed by atoms with Crippen LogP contribution >= 0.6 is 0 Å². The highest BCUT2D eigenvalue weighted by molar-refractivity contribution is 4.95. The van der Waals surface area contributed by atoms with Crippen LogP contribution in [0.25, 0.3) is 0 Å². The van der Waals surface area contributed by atoms with Crippen LogP contribution in [0, 0.1) is 0 Å². The van der Waals surface area contributed by atoms with E-state index < -0.39 is 0 Å². The topological polar surface area (TPSA) is 81.7 Å². The molecule has 0 bridgehead atoms. The van der Waals surface area contributed by atoms with Gasteiger partial charge in [0.1, 0.15) is 19.2 Å². The van der Waals surface area contributed by atoms with Crippen LogP contribution in [0.5, 0.6) is 0 Å². The highest BCUT2D eigenvalue weighted by Gasteiger charge is 2.20. The molecule has 2 aromatic heterocycles. The van der Waals surface area contributed by atoms with Crippen molar-refractivity contribution in [3.05, 3.63) is 24.4 Å². The molecule has 7 nitrogen and oxygen atoms in total. The van der Waals surface area contributed by atoms with Gasteiger partial charge in [0, 0.05) is 0 Å². The van der Waals surface area contributed by atoms with Gasteiger partial charge >= 0.3 is 0 Å². The van der Waals surface area contributed by atoms with Crippen molar-refractivity contribution in [2.75, 3.05) is 6.54 Å². The lowest BCUT2D eigenvalue weighted by molar-refractivity contribution is 0.342. The fraction of sp³-hybridized carbons (Fsp3) is 0.600. The highest BCUT2D eigenvalue weighted by atomic mass is 16.5. The predicted molar refractivity (Wildman–Crippen MR) is 58.0 cm³/mol. The fourth-order valence-corrected chi connectivity index (χ4v) is 2.00. The number of hydrogen-bond donors (Lipinski definition) is 1. The van der Waals surface area contributed by atoms with Gasteiger partial charge < -0.3 is 9.84 Å². The van der Waals surface area contributed by atoms with Crippen LogP contribution < -0.4 is 5.32 Å².